The minimum atomic E-state index is -0.452. The van der Waals surface area contributed by atoms with Crippen LogP contribution in [0.1, 0.15) is 23.2 Å². The summed E-state index contributed by atoms with van der Waals surface area (Å²) in [5.41, 5.74) is 1.26. The van der Waals surface area contributed by atoms with Crippen molar-refractivity contribution in [2.45, 2.75) is 18.9 Å². The van der Waals surface area contributed by atoms with Gasteiger partial charge in [0.2, 0.25) is 11.8 Å². The molecule has 0 aliphatic carbocycles. The molecule has 3 amide bonds. The summed E-state index contributed by atoms with van der Waals surface area (Å²) in [6, 6.07) is 6.45. The Bertz CT molecular complexity index is 849. The van der Waals surface area contributed by atoms with E-state index in [-0.39, 0.29) is 24.3 Å². The Labute approximate surface area is 165 Å². The fraction of sp³-hybridized carbons (Fsp3) is 0.333. The third-order valence-electron chi connectivity index (χ3n) is 4.47. The van der Waals surface area contributed by atoms with E-state index in [1.807, 2.05) is 6.20 Å². The Morgan fingerprint density at radius 3 is 2.63 bits per heavy atom. The van der Waals surface area contributed by atoms with Crippen molar-refractivity contribution in [2.75, 3.05) is 20.1 Å². The minimum absolute atomic E-state index is 0.139. The number of amides is 3. The standard InChI is InChI=1S/C18H20BrN5O3/c1-20-18(27)15-3-2-8-23(15)16(25)10-21-17(26)12-4-6-14(7-5-12)24-11-13(19)9-22-24/h4-7,9,11,15H,2-3,8,10H2,1H3,(H,20,27)(H,21,26). The van der Waals surface area contributed by atoms with Gasteiger partial charge in [0.05, 0.1) is 22.9 Å². The van der Waals surface area contributed by atoms with E-state index in [1.54, 1.807) is 42.2 Å². The molecule has 1 atom stereocenters. The van der Waals surface area contributed by atoms with Gasteiger partial charge in [0.1, 0.15) is 6.04 Å². The molecule has 1 aliphatic heterocycles. The summed E-state index contributed by atoms with van der Waals surface area (Å²) in [5, 5.41) is 9.38. The first-order valence-electron chi connectivity index (χ1n) is 8.59. The van der Waals surface area contributed by atoms with Crippen LogP contribution in [0, 0.1) is 0 Å². The summed E-state index contributed by atoms with van der Waals surface area (Å²) in [7, 11) is 1.55. The molecule has 8 nitrogen and oxygen atoms in total. The summed E-state index contributed by atoms with van der Waals surface area (Å²) < 4.78 is 2.54. The smallest absolute Gasteiger partial charge is 0.251 e. The van der Waals surface area contributed by atoms with Crippen molar-refractivity contribution in [2.24, 2.45) is 0 Å². The van der Waals surface area contributed by atoms with Crippen molar-refractivity contribution in [1.29, 1.82) is 0 Å². The maximum absolute atomic E-state index is 12.4. The van der Waals surface area contributed by atoms with Gasteiger partial charge >= 0.3 is 0 Å². The van der Waals surface area contributed by atoms with Gasteiger partial charge in [-0.05, 0) is 53.0 Å². The molecule has 1 aromatic heterocycles. The van der Waals surface area contributed by atoms with Crippen LogP contribution in [0.25, 0.3) is 5.69 Å². The molecule has 1 unspecified atom stereocenters. The Morgan fingerprint density at radius 2 is 2.00 bits per heavy atom. The molecule has 0 spiro atoms. The predicted molar refractivity (Wildman–Crippen MR) is 102 cm³/mol. The van der Waals surface area contributed by atoms with Crippen LogP contribution in [0.4, 0.5) is 0 Å². The summed E-state index contributed by atoms with van der Waals surface area (Å²) in [5.74, 6) is -0.771. The highest BCUT2D eigenvalue weighted by Crippen LogP contribution is 2.17. The van der Waals surface area contributed by atoms with Crippen LogP contribution in [0.3, 0.4) is 0 Å². The van der Waals surface area contributed by atoms with Crippen molar-refractivity contribution < 1.29 is 14.4 Å². The van der Waals surface area contributed by atoms with Crippen LogP contribution >= 0.6 is 15.9 Å². The molecule has 1 aromatic carbocycles. The van der Waals surface area contributed by atoms with E-state index < -0.39 is 6.04 Å². The molecule has 0 bridgehead atoms. The molecule has 2 aromatic rings. The van der Waals surface area contributed by atoms with E-state index in [9.17, 15) is 14.4 Å². The summed E-state index contributed by atoms with van der Waals surface area (Å²) in [6.07, 6.45) is 4.91. The highest BCUT2D eigenvalue weighted by molar-refractivity contribution is 9.10. The van der Waals surface area contributed by atoms with Crippen LogP contribution in [0.5, 0.6) is 0 Å². The molecule has 2 heterocycles. The molecule has 9 heteroatoms. The van der Waals surface area contributed by atoms with Gasteiger partial charge in [0.15, 0.2) is 0 Å². The zero-order valence-corrected chi connectivity index (χ0v) is 16.4. The van der Waals surface area contributed by atoms with Gasteiger partial charge in [-0.25, -0.2) is 4.68 Å². The van der Waals surface area contributed by atoms with Crippen molar-refractivity contribution >= 4 is 33.7 Å². The number of likely N-dealkylation sites (N-methyl/N-ethyl adjacent to an activating group) is 1. The second-order valence-corrected chi connectivity index (χ2v) is 7.11. The average molecular weight is 434 g/mol. The Kier molecular flexibility index (Phi) is 5.90. The Hall–Kier alpha value is -2.68. The van der Waals surface area contributed by atoms with E-state index in [2.05, 4.69) is 31.7 Å². The second kappa shape index (κ2) is 8.34. The van der Waals surface area contributed by atoms with Crippen LogP contribution in [0.2, 0.25) is 0 Å². The topological polar surface area (TPSA) is 96.3 Å². The lowest BCUT2D eigenvalue weighted by Gasteiger charge is -2.23. The number of nitrogens with zero attached hydrogens (tertiary/aromatic N) is 3. The number of carbonyl (C=O) groups excluding carboxylic acids is 3. The van der Waals surface area contributed by atoms with Crippen LogP contribution in [-0.2, 0) is 9.59 Å². The lowest BCUT2D eigenvalue weighted by Crippen LogP contribution is -2.48. The van der Waals surface area contributed by atoms with Crippen LogP contribution in [-0.4, -0.2) is 58.6 Å². The number of benzene rings is 1. The molecule has 2 N–H and O–H groups in total. The molecule has 0 radical (unpaired) electrons. The van der Waals surface area contributed by atoms with Crippen LogP contribution in [0.15, 0.2) is 41.1 Å². The molecule has 142 valence electrons. The number of nitrogens with one attached hydrogen (secondary N) is 2. The lowest BCUT2D eigenvalue weighted by molar-refractivity contribution is -0.137. The van der Waals surface area contributed by atoms with E-state index in [0.29, 0.717) is 18.5 Å². The van der Waals surface area contributed by atoms with E-state index >= 15 is 0 Å². The van der Waals surface area contributed by atoms with Gasteiger partial charge in [0, 0.05) is 25.4 Å². The monoisotopic (exact) mass is 433 g/mol. The molecule has 0 saturated carbocycles. The van der Waals surface area contributed by atoms with Gasteiger partial charge in [-0.1, -0.05) is 0 Å². The quantitative estimate of drug-likeness (QED) is 0.737. The number of hydrogen-bond acceptors (Lipinski definition) is 4. The normalized spacial score (nSPS) is 16.2. The number of aromatic nitrogens is 2. The Morgan fingerprint density at radius 1 is 1.26 bits per heavy atom. The average Bonchev–Trinajstić information content (AvgIpc) is 3.34. The largest absolute Gasteiger partial charge is 0.357 e. The van der Waals surface area contributed by atoms with Gasteiger partial charge < -0.3 is 15.5 Å². The number of likely N-dealkylation sites (tertiary alicyclic amines) is 1. The second-order valence-electron chi connectivity index (χ2n) is 6.19. The summed E-state index contributed by atoms with van der Waals surface area (Å²) in [6.45, 7) is 0.390. The first kappa shape index (κ1) is 19.1. The SMILES string of the molecule is CNC(=O)C1CCCN1C(=O)CNC(=O)c1ccc(-n2cc(Br)cn2)cc1. The van der Waals surface area contributed by atoms with Gasteiger partial charge in [-0.2, -0.15) is 5.10 Å². The lowest BCUT2D eigenvalue weighted by atomic mass is 10.2. The van der Waals surface area contributed by atoms with Crippen molar-refractivity contribution in [3.8, 4) is 5.69 Å². The maximum Gasteiger partial charge on any atom is 0.251 e. The molecule has 1 saturated heterocycles. The molecule has 27 heavy (non-hydrogen) atoms. The van der Waals surface area contributed by atoms with Gasteiger partial charge in [0.25, 0.3) is 5.91 Å². The number of rotatable bonds is 5. The van der Waals surface area contributed by atoms with E-state index in [0.717, 1.165) is 16.6 Å². The molecule has 1 aliphatic rings. The zero-order valence-electron chi connectivity index (χ0n) is 14.8. The van der Waals surface area contributed by atoms with Crippen molar-refractivity contribution in [3.63, 3.8) is 0 Å². The molecular formula is C18H20BrN5O3. The predicted octanol–water partition coefficient (Wildman–Crippen LogP) is 1.10. The summed E-state index contributed by atoms with van der Waals surface area (Å²) >= 11 is 3.34. The maximum atomic E-state index is 12.4. The number of halogens is 1. The fourth-order valence-corrected chi connectivity index (χ4v) is 3.36. The molecule has 3 rings (SSSR count). The highest BCUT2D eigenvalue weighted by atomic mass is 79.9. The van der Waals surface area contributed by atoms with Gasteiger partial charge in [-0.15, -0.1) is 0 Å². The number of carbonyl (C=O) groups is 3. The third-order valence-corrected chi connectivity index (χ3v) is 4.88. The van der Waals surface area contributed by atoms with Crippen molar-refractivity contribution in [1.82, 2.24) is 25.3 Å². The van der Waals surface area contributed by atoms with E-state index in [1.165, 1.54) is 4.90 Å². The van der Waals surface area contributed by atoms with Crippen LogP contribution < -0.4 is 10.6 Å². The fourth-order valence-electron chi connectivity index (χ4n) is 3.07. The number of hydrogen-bond donors (Lipinski definition) is 2. The highest BCUT2D eigenvalue weighted by Gasteiger charge is 2.33. The molecular weight excluding hydrogens is 414 g/mol. The first-order chi connectivity index (χ1) is 13.0. The van der Waals surface area contributed by atoms with Gasteiger partial charge in [-0.3, -0.25) is 14.4 Å². The first-order valence-corrected chi connectivity index (χ1v) is 9.39. The molecule has 1 fully saturated rings. The van der Waals surface area contributed by atoms with E-state index in [4.69, 9.17) is 0 Å². The zero-order chi connectivity index (χ0) is 19.4. The third kappa shape index (κ3) is 4.36. The minimum Gasteiger partial charge on any atom is -0.357 e. The van der Waals surface area contributed by atoms with Crippen molar-refractivity contribution in [3.05, 3.63) is 46.7 Å². The summed E-state index contributed by atoms with van der Waals surface area (Å²) in [4.78, 5) is 38.0. The Balaban J connectivity index is 1.57.